The normalized spacial score (nSPS) is 18.5. The molecule has 1 unspecified atom stereocenters. The maximum atomic E-state index is 12.8. The number of fused-ring (bicyclic) bond motifs is 1. The van der Waals surface area contributed by atoms with E-state index in [0.29, 0.717) is 26.9 Å². The summed E-state index contributed by atoms with van der Waals surface area (Å²) in [6, 6.07) is 11.7. The summed E-state index contributed by atoms with van der Waals surface area (Å²) in [4.78, 5) is 40.9. The molecule has 2 aromatic rings. The monoisotopic (exact) mass is 478 g/mol. The van der Waals surface area contributed by atoms with E-state index in [1.54, 1.807) is 35.4 Å². The quantitative estimate of drug-likeness (QED) is 0.483. The molecule has 0 radical (unpaired) electrons. The summed E-state index contributed by atoms with van der Waals surface area (Å²) >= 11 is 15.3. The van der Waals surface area contributed by atoms with Gasteiger partial charge in [-0.05, 0) is 30.3 Å². The molecule has 0 spiro atoms. The minimum atomic E-state index is -0.594. The van der Waals surface area contributed by atoms with Crippen LogP contribution in [0, 0.1) is 5.92 Å². The molecule has 28 heavy (non-hydrogen) atoms. The van der Waals surface area contributed by atoms with Crippen LogP contribution >= 0.6 is 39.1 Å². The first kappa shape index (κ1) is 19.2. The van der Waals surface area contributed by atoms with Crippen molar-refractivity contribution < 1.29 is 14.4 Å². The summed E-state index contributed by atoms with van der Waals surface area (Å²) < 4.78 is 0.888. The van der Waals surface area contributed by atoms with Crippen LogP contribution in [0.15, 0.2) is 58.7 Å². The molecule has 2 aromatic carbocycles. The molecule has 2 heterocycles. The van der Waals surface area contributed by atoms with Gasteiger partial charge in [0.1, 0.15) is 0 Å². The maximum Gasteiger partial charge on any atom is 0.263 e. The Kier molecular flexibility index (Phi) is 5.04. The first-order valence-corrected chi connectivity index (χ1v) is 9.97. The summed E-state index contributed by atoms with van der Waals surface area (Å²) in [5.74, 6) is -1.43. The van der Waals surface area contributed by atoms with Crippen LogP contribution in [-0.4, -0.2) is 35.6 Å². The van der Waals surface area contributed by atoms with Crippen molar-refractivity contribution >= 4 is 62.4 Å². The zero-order valence-electron chi connectivity index (χ0n) is 14.4. The second kappa shape index (κ2) is 7.35. The van der Waals surface area contributed by atoms with Gasteiger partial charge in [-0.2, -0.15) is 0 Å². The van der Waals surface area contributed by atoms with Crippen molar-refractivity contribution in [3.63, 3.8) is 0 Å². The number of imide groups is 1. The van der Waals surface area contributed by atoms with Gasteiger partial charge in [0.05, 0.1) is 18.2 Å². The van der Waals surface area contributed by atoms with Crippen molar-refractivity contribution in [2.24, 2.45) is 5.92 Å². The summed E-state index contributed by atoms with van der Waals surface area (Å²) in [5, 5.41) is 0.687. The molecule has 1 fully saturated rings. The molecule has 1 saturated heterocycles. The predicted octanol–water partition coefficient (Wildman–Crippen LogP) is 4.33. The van der Waals surface area contributed by atoms with Crippen LogP contribution in [-0.2, 0) is 9.59 Å². The fourth-order valence-corrected chi connectivity index (χ4v) is 4.19. The third kappa shape index (κ3) is 3.48. The first-order chi connectivity index (χ1) is 13.3. The van der Waals surface area contributed by atoms with Crippen LogP contribution in [0.3, 0.4) is 0 Å². The Labute approximate surface area is 179 Å². The average molecular weight is 480 g/mol. The maximum absolute atomic E-state index is 12.8. The van der Waals surface area contributed by atoms with Gasteiger partial charge in [-0.25, -0.2) is 4.90 Å². The molecule has 2 aliphatic rings. The molecule has 2 amide bonds. The summed E-state index contributed by atoms with van der Waals surface area (Å²) in [5.41, 5.74) is 1.30. The molecule has 4 rings (SSSR count). The molecular weight excluding hydrogens is 467 g/mol. The van der Waals surface area contributed by atoms with E-state index in [4.69, 9.17) is 23.2 Å². The highest BCUT2D eigenvalue weighted by molar-refractivity contribution is 9.10. The van der Waals surface area contributed by atoms with Crippen molar-refractivity contribution in [3.8, 4) is 0 Å². The third-order valence-corrected chi connectivity index (χ3v) is 5.67. The second-order valence-corrected chi connectivity index (χ2v) is 8.39. The summed E-state index contributed by atoms with van der Waals surface area (Å²) in [6.07, 6.45) is 1.60. The number of Topliss-reactive ketones (excluding diaryl/α,β-unsaturated/α-hetero) is 1. The summed E-state index contributed by atoms with van der Waals surface area (Å²) in [6.45, 7) is 0.387. The predicted molar refractivity (Wildman–Crippen MR) is 111 cm³/mol. The van der Waals surface area contributed by atoms with Gasteiger partial charge in [0.2, 0.25) is 5.91 Å². The van der Waals surface area contributed by atoms with Gasteiger partial charge in [-0.3, -0.25) is 14.4 Å². The highest BCUT2D eigenvalue weighted by atomic mass is 79.9. The van der Waals surface area contributed by atoms with Crippen molar-refractivity contribution in [1.29, 1.82) is 0 Å². The lowest BCUT2D eigenvalue weighted by molar-refractivity contribution is -0.122. The lowest BCUT2D eigenvalue weighted by atomic mass is 10.1. The number of carbonyl (C=O) groups excluding carboxylic acids is 3. The molecular formula is C20H13BrCl2N2O3. The highest BCUT2D eigenvalue weighted by Crippen LogP contribution is 2.37. The number of benzene rings is 2. The number of ketones is 1. The van der Waals surface area contributed by atoms with Gasteiger partial charge >= 0.3 is 0 Å². The summed E-state index contributed by atoms with van der Waals surface area (Å²) in [7, 11) is 0. The topological polar surface area (TPSA) is 57.7 Å². The Bertz CT molecular complexity index is 1020. The Balaban J connectivity index is 1.53. The van der Waals surface area contributed by atoms with Gasteiger partial charge in [-0.15, -0.1) is 0 Å². The van der Waals surface area contributed by atoms with Crippen LogP contribution in [0.25, 0.3) is 0 Å². The van der Waals surface area contributed by atoms with Gasteiger partial charge in [0, 0.05) is 38.4 Å². The molecule has 0 bridgehead atoms. The molecule has 0 saturated carbocycles. The fraction of sp³-hybridized carbons (Fsp3) is 0.150. The minimum Gasteiger partial charge on any atom is -0.368 e. The molecule has 1 atom stereocenters. The molecule has 2 aliphatic heterocycles. The second-order valence-electron chi connectivity index (χ2n) is 6.60. The molecule has 142 valence electrons. The van der Waals surface area contributed by atoms with E-state index in [0.717, 1.165) is 9.37 Å². The number of rotatable bonds is 4. The van der Waals surface area contributed by atoms with E-state index in [9.17, 15) is 14.4 Å². The number of anilines is 1. The van der Waals surface area contributed by atoms with Gasteiger partial charge < -0.3 is 4.90 Å². The van der Waals surface area contributed by atoms with Crippen LogP contribution in [0.5, 0.6) is 0 Å². The third-order valence-electron chi connectivity index (χ3n) is 4.70. The molecule has 0 aliphatic carbocycles. The highest BCUT2D eigenvalue weighted by Gasteiger charge is 2.48. The van der Waals surface area contributed by atoms with Gasteiger partial charge in [0.25, 0.3) is 5.91 Å². The van der Waals surface area contributed by atoms with E-state index in [2.05, 4.69) is 15.9 Å². The fourth-order valence-electron chi connectivity index (χ4n) is 3.41. The average Bonchev–Trinajstić information content (AvgIpc) is 3.14. The van der Waals surface area contributed by atoms with E-state index >= 15 is 0 Å². The zero-order valence-corrected chi connectivity index (χ0v) is 17.5. The van der Waals surface area contributed by atoms with Crippen molar-refractivity contribution in [2.45, 2.75) is 0 Å². The number of carbonyl (C=O) groups is 3. The number of nitrogens with zero attached hydrogens (tertiary/aromatic N) is 2. The van der Waals surface area contributed by atoms with E-state index in [1.165, 1.54) is 18.2 Å². The van der Waals surface area contributed by atoms with Crippen LogP contribution in [0.4, 0.5) is 5.69 Å². The SMILES string of the molecule is O=C(CN1C=C2C(=O)N(c3cc(Cl)cc(Cl)c3)C(=O)C2C1)c1ccc(Br)cc1. The van der Waals surface area contributed by atoms with Crippen molar-refractivity contribution in [3.05, 3.63) is 74.3 Å². The van der Waals surface area contributed by atoms with Gasteiger partial charge in [0.15, 0.2) is 5.78 Å². The van der Waals surface area contributed by atoms with Crippen molar-refractivity contribution in [2.75, 3.05) is 18.0 Å². The minimum absolute atomic E-state index is 0.0808. The molecule has 8 heteroatoms. The Morgan fingerprint density at radius 3 is 2.32 bits per heavy atom. The number of hydrogen-bond donors (Lipinski definition) is 0. The number of halogens is 3. The van der Waals surface area contributed by atoms with E-state index in [1.807, 2.05) is 0 Å². The first-order valence-electron chi connectivity index (χ1n) is 8.42. The zero-order chi connectivity index (χ0) is 20.0. The molecule has 5 nitrogen and oxygen atoms in total. The Hall–Kier alpha value is -2.15. The number of amides is 2. The van der Waals surface area contributed by atoms with Gasteiger partial charge in [-0.1, -0.05) is 51.3 Å². The van der Waals surface area contributed by atoms with Crippen LogP contribution < -0.4 is 4.90 Å². The Morgan fingerprint density at radius 1 is 1.07 bits per heavy atom. The van der Waals surface area contributed by atoms with E-state index < -0.39 is 11.8 Å². The molecule has 0 N–H and O–H groups in total. The largest absolute Gasteiger partial charge is 0.368 e. The van der Waals surface area contributed by atoms with Crippen molar-refractivity contribution in [1.82, 2.24) is 4.90 Å². The lowest BCUT2D eigenvalue weighted by Crippen LogP contribution is -2.35. The smallest absolute Gasteiger partial charge is 0.263 e. The standard InChI is InChI=1S/C20H13BrCl2N2O3/c21-12-3-1-11(2-4-12)18(26)10-24-8-16-17(9-24)20(28)25(19(16)27)15-6-13(22)5-14(23)7-15/h1-8,17H,9-10H2. The number of hydrogen-bond acceptors (Lipinski definition) is 4. The Morgan fingerprint density at radius 2 is 1.71 bits per heavy atom. The van der Waals surface area contributed by atoms with E-state index in [-0.39, 0.29) is 24.8 Å². The molecule has 0 aromatic heterocycles. The lowest BCUT2D eigenvalue weighted by Gasteiger charge is -2.19. The van der Waals surface area contributed by atoms with Crippen LogP contribution in [0.2, 0.25) is 10.0 Å². The van der Waals surface area contributed by atoms with Crippen LogP contribution in [0.1, 0.15) is 10.4 Å².